The highest BCUT2D eigenvalue weighted by Gasteiger charge is 2.71. The van der Waals surface area contributed by atoms with Crippen molar-refractivity contribution in [3.63, 3.8) is 0 Å². The van der Waals surface area contributed by atoms with Gasteiger partial charge >= 0.3 is 6.18 Å². The van der Waals surface area contributed by atoms with Crippen LogP contribution in [-0.2, 0) is 30.8 Å². The Morgan fingerprint density at radius 3 is 2.29 bits per heavy atom. The number of nitro groups is 1. The Bertz CT molecular complexity index is 2690. The number of rotatable bonds is 6. The monoisotopic (exact) mass is 841 g/mol. The maximum atomic E-state index is 15.5. The number of fused-ring (bicyclic) bond motifs is 5. The standard InChI is InChI=1S/C42H28Cl2F3N5O7/c43-23-8-6-21(7-9-23)41-31(38(55)51(40(41)57)49-36-32(44)17-22(19-48-36)42(45,46)47)18-30-27(34(41)29-14-5-20-3-1-2-4-26(20)35(29)53)15-16-28-33(30)39(56)50(37(28)54)24-10-12-25(13-11-24)52(58)59/h1-15,17,19,28,30-31,33-34,53H,16,18H2,(H,48,49). The number of hydrogen-bond donors (Lipinski definition) is 2. The molecule has 1 aromatic heterocycles. The lowest BCUT2D eigenvalue weighted by Crippen LogP contribution is -2.53. The SMILES string of the molecule is O=C1C2CC3C(=CCC4C(=O)N(c5ccc([N+](=O)[O-])cc5)C(=O)C43)C(c3ccc4ccccc4c3O)C2(c2ccc(Cl)cc2)C(=O)N1Nc1ncc(C(F)(F)F)cc1Cl. The molecule has 0 bridgehead atoms. The molecule has 4 amide bonds. The Morgan fingerprint density at radius 2 is 1.61 bits per heavy atom. The van der Waals surface area contributed by atoms with Crippen LogP contribution < -0.4 is 10.3 Å². The van der Waals surface area contributed by atoms with Crippen molar-refractivity contribution in [1.82, 2.24) is 9.99 Å². The predicted molar refractivity (Wildman–Crippen MR) is 208 cm³/mol. The zero-order valence-electron chi connectivity index (χ0n) is 30.2. The van der Waals surface area contributed by atoms with E-state index in [0.717, 1.165) is 4.90 Å². The number of benzene rings is 4. The number of imide groups is 2. The summed E-state index contributed by atoms with van der Waals surface area (Å²) in [5, 5.41) is 25.1. The number of non-ortho nitro benzene ring substituents is 1. The van der Waals surface area contributed by atoms with Crippen molar-refractivity contribution in [2.45, 2.75) is 30.4 Å². The Kier molecular flexibility index (Phi) is 8.83. The van der Waals surface area contributed by atoms with Gasteiger partial charge in [0.1, 0.15) is 5.75 Å². The molecule has 2 aliphatic carbocycles. The van der Waals surface area contributed by atoms with Crippen LogP contribution in [0.25, 0.3) is 10.8 Å². The minimum absolute atomic E-state index is 0.0476. The molecule has 5 aromatic rings. The number of phenolic OH excluding ortho intramolecular Hbond substituents is 1. The average Bonchev–Trinajstić information content (AvgIpc) is 3.59. The lowest BCUT2D eigenvalue weighted by atomic mass is 9.49. The number of hydrogen-bond acceptors (Lipinski definition) is 9. The second-order valence-electron chi connectivity index (χ2n) is 14.9. The van der Waals surface area contributed by atoms with Gasteiger partial charge in [0.15, 0.2) is 5.82 Å². The summed E-state index contributed by atoms with van der Waals surface area (Å²) < 4.78 is 40.6. The summed E-state index contributed by atoms with van der Waals surface area (Å²) in [5.41, 5.74) is 0.529. The molecular formula is C42H28Cl2F3N5O7. The van der Waals surface area contributed by atoms with Crippen molar-refractivity contribution in [2.24, 2.45) is 23.7 Å². The third kappa shape index (κ3) is 5.69. The molecular weight excluding hydrogens is 814 g/mol. The first-order valence-electron chi connectivity index (χ1n) is 18.3. The van der Waals surface area contributed by atoms with Gasteiger partial charge in [-0.15, -0.1) is 0 Å². The van der Waals surface area contributed by atoms with Crippen LogP contribution in [0.4, 0.5) is 30.4 Å². The number of halogens is 5. The third-order valence-electron chi connectivity index (χ3n) is 12.1. The van der Waals surface area contributed by atoms with Crippen LogP contribution in [0.2, 0.25) is 10.0 Å². The van der Waals surface area contributed by atoms with Gasteiger partial charge in [0.05, 0.1) is 44.4 Å². The number of nitrogens with zero attached hydrogens (tertiary/aromatic N) is 4. The van der Waals surface area contributed by atoms with E-state index < -0.39 is 86.1 Å². The van der Waals surface area contributed by atoms with Gasteiger partial charge in [-0.25, -0.2) is 4.98 Å². The zero-order chi connectivity index (χ0) is 41.7. The van der Waals surface area contributed by atoms with E-state index in [1.54, 1.807) is 66.7 Å². The van der Waals surface area contributed by atoms with Crippen LogP contribution in [0.5, 0.6) is 5.75 Å². The van der Waals surface area contributed by atoms with Crippen LogP contribution in [0.1, 0.15) is 35.4 Å². The van der Waals surface area contributed by atoms with Crippen LogP contribution in [0.15, 0.2) is 109 Å². The summed E-state index contributed by atoms with van der Waals surface area (Å²) in [6, 6.07) is 22.3. The van der Waals surface area contributed by atoms with Gasteiger partial charge in [0.25, 0.3) is 17.5 Å². The molecule has 2 aliphatic heterocycles. The fourth-order valence-electron chi connectivity index (χ4n) is 9.61. The van der Waals surface area contributed by atoms with Crippen LogP contribution in [0.3, 0.4) is 0 Å². The first kappa shape index (κ1) is 38.2. The normalized spacial score (nSPS) is 25.2. The van der Waals surface area contributed by atoms with Gasteiger partial charge in [0, 0.05) is 40.2 Å². The summed E-state index contributed by atoms with van der Waals surface area (Å²) in [4.78, 5) is 74.7. The number of nitrogens with one attached hydrogen (secondary N) is 1. The van der Waals surface area contributed by atoms with E-state index in [4.69, 9.17) is 23.2 Å². The van der Waals surface area contributed by atoms with E-state index in [0.29, 0.717) is 44.2 Å². The van der Waals surface area contributed by atoms with Crippen LogP contribution in [0, 0.1) is 33.8 Å². The first-order chi connectivity index (χ1) is 28.1. The summed E-state index contributed by atoms with van der Waals surface area (Å²) in [6.07, 6.45) is -2.59. The van der Waals surface area contributed by atoms with Crippen LogP contribution >= 0.6 is 23.2 Å². The van der Waals surface area contributed by atoms with Gasteiger partial charge in [-0.1, -0.05) is 83.4 Å². The second-order valence-corrected chi connectivity index (χ2v) is 15.8. The number of carbonyl (C=O) groups excluding carboxylic acids is 4. The number of allylic oxidation sites excluding steroid dienone is 2. The second kappa shape index (κ2) is 13.6. The molecule has 2 saturated heterocycles. The van der Waals surface area contributed by atoms with E-state index in [1.165, 1.54) is 24.3 Å². The smallest absolute Gasteiger partial charge is 0.417 e. The molecule has 6 unspecified atom stereocenters. The molecule has 17 heteroatoms. The lowest BCUT2D eigenvalue weighted by Gasteiger charge is -2.50. The number of nitro benzene ring substituents is 1. The molecule has 3 fully saturated rings. The van der Waals surface area contributed by atoms with Crippen molar-refractivity contribution in [1.29, 1.82) is 0 Å². The Labute approximate surface area is 342 Å². The van der Waals surface area contributed by atoms with Gasteiger partial charge < -0.3 is 5.11 Å². The van der Waals surface area contributed by atoms with Crippen molar-refractivity contribution < 1.29 is 42.4 Å². The number of amides is 4. The largest absolute Gasteiger partial charge is 0.507 e. The molecule has 4 aromatic carbocycles. The highest BCUT2D eigenvalue weighted by molar-refractivity contribution is 6.33. The summed E-state index contributed by atoms with van der Waals surface area (Å²) >= 11 is 12.6. The molecule has 12 nitrogen and oxygen atoms in total. The molecule has 0 spiro atoms. The molecule has 59 heavy (non-hydrogen) atoms. The molecule has 298 valence electrons. The fraction of sp³-hybridized carbons (Fsp3) is 0.214. The Balaban J connectivity index is 1.24. The topological polar surface area (TPSA) is 163 Å². The Morgan fingerprint density at radius 1 is 0.898 bits per heavy atom. The maximum absolute atomic E-state index is 15.5. The number of aromatic nitrogens is 1. The molecule has 2 N–H and O–H groups in total. The first-order valence-corrected chi connectivity index (χ1v) is 19.0. The maximum Gasteiger partial charge on any atom is 0.417 e. The quantitative estimate of drug-likeness (QED) is 0.0740. The molecule has 3 heterocycles. The molecule has 1 saturated carbocycles. The Hall–Kier alpha value is -6.32. The highest BCUT2D eigenvalue weighted by atomic mass is 35.5. The van der Waals surface area contributed by atoms with Crippen molar-refractivity contribution >= 4 is 74.8 Å². The van der Waals surface area contributed by atoms with Crippen molar-refractivity contribution in [3.05, 3.63) is 146 Å². The van der Waals surface area contributed by atoms with E-state index in [-0.39, 0.29) is 35.5 Å². The zero-order valence-corrected chi connectivity index (χ0v) is 31.7. The predicted octanol–water partition coefficient (Wildman–Crippen LogP) is 8.36. The number of hydrazine groups is 1. The van der Waals surface area contributed by atoms with Crippen molar-refractivity contribution in [2.75, 3.05) is 10.3 Å². The number of aromatic hydroxyl groups is 1. The van der Waals surface area contributed by atoms with Gasteiger partial charge in [-0.3, -0.25) is 39.6 Å². The summed E-state index contributed by atoms with van der Waals surface area (Å²) in [7, 11) is 0. The van der Waals surface area contributed by atoms with Gasteiger partial charge in [-0.05, 0) is 60.0 Å². The number of alkyl halides is 3. The van der Waals surface area contributed by atoms with Crippen molar-refractivity contribution in [3.8, 4) is 5.75 Å². The number of phenols is 1. The average molecular weight is 843 g/mol. The minimum atomic E-state index is -4.79. The molecule has 6 atom stereocenters. The van der Waals surface area contributed by atoms with Gasteiger partial charge in [0.2, 0.25) is 11.8 Å². The molecule has 0 radical (unpaired) electrons. The van der Waals surface area contributed by atoms with E-state index in [1.807, 2.05) is 0 Å². The fourth-order valence-corrected chi connectivity index (χ4v) is 9.94. The number of pyridine rings is 1. The molecule has 9 rings (SSSR count). The summed E-state index contributed by atoms with van der Waals surface area (Å²) in [6.45, 7) is 0. The minimum Gasteiger partial charge on any atom is -0.507 e. The van der Waals surface area contributed by atoms with E-state index in [9.17, 15) is 42.8 Å². The lowest BCUT2D eigenvalue weighted by molar-refractivity contribution is -0.384. The molecule has 4 aliphatic rings. The number of carbonyl (C=O) groups is 4. The van der Waals surface area contributed by atoms with E-state index >= 15 is 4.79 Å². The van der Waals surface area contributed by atoms with Crippen LogP contribution in [-0.4, -0.2) is 43.7 Å². The number of anilines is 2. The third-order valence-corrected chi connectivity index (χ3v) is 12.7. The summed E-state index contributed by atoms with van der Waals surface area (Å²) in [5.74, 6) is -8.64. The van der Waals surface area contributed by atoms with Gasteiger partial charge in [-0.2, -0.15) is 18.2 Å². The highest BCUT2D eigenvalue weighted by Crippen LogP contribution is 2.65. The van der Waals surface area contributed by atoms with E-state index in [2.05, 4.69) is 10.4 Å².